The fourth-order valence-electron chi connectivity index (χ4n) is 6.33. The molecule has 0 aliphatic carbocycles. The van der Waals surface area contributed by atoms with Gasteiger partial charge in [0.15, 0.2) is 0 Å². The molecule has 0 aliphatic heterocycles. The number of hydrogen-bond acceptors (Lipinski definition) is 2. The normalized spacial score (nSPS) is 12.0. The molecule has 252 valence electrons. The summed E-state index contributed by atoms with van der Waals surface area (Å²) in [6.45, 7) is 19.8. The molecule has 0 radical (unpaired) electrons. The van der Waals surface area contributed by atoms with E-state index in [2.05, 4.69) is 161 Å². The first-order valence-electron chi connectivity index (χ1n) is 16.6. The fourth-order valence-corrected chi connectivity index (χ4v) is 6.33. The number of rotatable bonds is 5. The van der Waals surface area contributed by atoms with Crippen LogP contribution in [0.5, 0.6) is 11.5 Å². The molecular weight excluding hydrogens is 784 g/mol. The van der Waals surface area contributed by atoms with Gasteiger partial charge in [0.05, 0.1) is 11.4 Å². The third-order valence-electron chi connectivity index (χ3n) is 9.37. The molecule has 0 aliphatic rings. The van der Waals surface area contributed by atoms with E-state index in [1.807, 2.05) is 24.4 Å². The number of pyridine rings is 1. The number of benzene rings is 4. The summed E-state index contributed by atoms with van der Waals surface area (Å²) in [4.78, 5) is 4.81. The van der Waals surface area contributed by atoms with E-state index in [9.17, 15) is 0 Å². The Hall–Kier alpha value is -4.47. The largest absolute Gasteiger partial charge is 0.510 e. The van der Waals surface area contributed by atoms with Gasteiger partial charge in [0.2, 0.25) is 0 Å². The van der Waals surface area contributed by atoms with Crippen molar-refractivity contribution in [3.63, 3.8) is 0 Å². The number of ether oxygens (including phenoxy) is 1. The van der Waals surface area contributed by atoms with Crippen molar-refractivity contribution in [3.05, 3.63) is 138 Å². The van der Waals surface area contributed by atoms with Crippen molar-refractivity contribution >= 4 is 21.8 Å². The zero-order chi connectivity index (χ0) is 34.0. The Bertz CT molecular complexity index is 2330. The molecule has 6 heteroatoms. The van der Waals surface area contributed by atoms with Crippen molar-refractivity contribution in [1.29, 1.82) is 0 Å². The maximum Gasteiger partial charge on any atom is 0.267 e. The van der Waals surface area contributed by atoms with Crippen LogP contribution in [0.1, 0.15) is 69.5 Å². The molecule has 7 rings (SSSR count). The van der Waals surface area contributed by atoms with Crippen LogP contribution in [0.4, 0.5) is 0 Å². The monoisotopic (exact) mass is 825 g/mol. The molecule has 0 saturated heterocycles. The Morgan fingerprint density at radius 2 is 1.49 bits per heavy atom. The van der Waals surface area contributed by atoms with Crippen molar-refractivity contribution in [2.45, 2.75) is 73.1 Å². The zero-order valence-corrected chi connectivity index (χ0v) is 31.9. The number of aromatic nitrogens is 4. The van der Waals surface area contributed by atoms with E-state index >= 15 is 0 Å². The second kappa shape index (κ2) is 12.8. The minimum Gasteiger partial charge on any atom is -0.510 e. The van der Waals surface area contributed by atoms with Crippen LogP contribution in [0.15, 0.2) is 91.3 Å². The summed E-state index contributed by atoms with van der Waals surface area (Å²) in [7, 11) is 0. The maximum absolute atomic E-state index is 6.50. The summed E-state index contributed by atoms with van der Waals surface area (Å²) in [6, 6.07) is 34.3. The molecule has 0 unspecified atom stereocenters. The molecule has 7 aromatic rings. The molecule has 0 fully saturated rings. The van der Waals surface area contributed by atoms with Gasteiger partial charge in [-0.25, -0.2) is 4.98 Å². The van der Waals surface area contributed by atoms with Gasteiger partial charge < -0.3 is 13.9 Å². The number of imidazole rings is 1. The fraction of sp³-hybridized carbons (Fsp3) is 0.256. The number of hydrogen-bond donors (Lipinski definition) is 0. The van der Waals surface area contributed by atoms with Crippen molar-refractivity contribution in [3.8, 4) is 28.7 Å². The van der Waals surface area contributed by atoms with E-state index in [0.717, 1.165) is 44.7 Å². The van der Waals surface area contributed by atoms with Crippen LogP contribution in [-0.2, 0) is 31.9 Å². The summed E-state index contributed by atoms with van der Waals surface area (Å²) >= 11 is 0. The SMILES string of the molecule is Cc1ccc(-[n+]2[c-]n(-c3[c-]c(Oc4[c-]c5c(cc4)c4ccccc4n5-c4cc(C(C)(C)C)ccn4)ccc3)c(C(C)(C)C)c2)c(C)c1C.[Pt]. The number of para-hydroxylation sites is 1. The van der Waals surface area contributed by atoms with Gasteiger partial charge in [0.1, 0.15) is 5.82 Å². The molecule has 0 atom stereocenters. The summed E-state index contributed by atoms with van der Waals surface area (Å²) in [5.41, 5.74) is 10.0. The molecule has 3 aromatic heterocycles. The topological polar surface area (TPSA) is 35.9 Å². The van der Waals surface area contributed by atoms with Gasteiger partial charge in [-0.3, -0.25) is 4.57 Å². The average Bonchev–Trinajstić information content (AvgIpc) is 3.64. The molecule has 0 spiro atoms. The van der Waals surface area contributed by atoms with Crippen molar-refractivity contribution in [2.75, 3.05) is 0 Å². The molecular formula is C43H42N4OPt-2. The minimum absolute atomic E-state index is 0. The van der Waals surface area contributed by atoms with E-state index in [0.29, 0.717) is 11.5 Å². The first-order valence-corrected chi connectivity index (χ1v) is 16.6. The van der Waals surface area contributed by atoms with Gasteiger partial charge in [-0.05, 0) is 89.2 Å². The Morgan fingerprint density at radius 1 is 0.735 bits per heavy atom. The standard InChI is InChI=1S/C43H42N4O.Pt/c1-28-17-20-37(30(3)29(28)2)45-26-40(43(7,8)9)46(27-45)32-13-12-14-33(24-32)48-34-18-19-36-35-15-10-11-16-38(35)47(39(36)25-34)41-23-31(21-22-44-41)42(4,5)6;/h10-23,26H,1-9H3;/q-2;. The second-order valence-electron chi connectivity index (χ2n) is 14.8. The van der Waals surface area contributed by atoms with Gasteiger partial charge in [-0.1, -0.05) is 71.3 Å². The van der Waals surface area contributed by atoms with Crippen LogP contribution in [0, 0.1) is 39.2 Å². The summed E-state index contributed by atoms with van der Waals surface area (Å²) in [5.74, 6) is 2.08. The van der Waals surface area contributed by atoms with E-state index in [1.54, 1.807) is 0 Å². The van der Waals surface area contributed by atoms with Crippen LogP contribution in [-0.4, -0.2) is 14.1 Å². The van der Waals surface area contributed by atoms with Crippen LogP contribution in [0.2, 0.25) is 0 Å². The second-order valence-corrected chi connectivity index (χ2v) is 14.8. The molecule has 49 heavy (non-hydrogen) atoms. The van der Waals surface area contributed by atoms with Crippen LogP contribution >= 0.6 is 0 Å². The molecule has 0 bridgehead atoms. The summed E-state index contributed by atoms with van der Waals surface area (Å²) < 4.78 is 12.9. The molecule has 0 saturated carbocycles. The maximum atomic E-state index is 6.50. The van der Waals surface area contributed by atoms with E-state index < -0.39 is 0 Å². The van der Waals surface area contributed by atoms with Crippen LogP contribution in [0.3, 0.4) is 0 Å². The predicted octanol–water partition coefficient (Wildman–Crippen LogP) is 9.96. The zero-order valence-electron chi connectivity index (χ0n) is 29.7. The molecule has 5 nitrogen and oxygen atoms in total. The summed E-state index contributed by atoms with van der Waals surface area (Å²) in [5, 5.41) is 2.25. The van der Waals surface area contributed by atoms with Gasteiger partial charge in [-0.15, -0.1) is 29.7 Å². The van der Waals surface area contributed by atoms with Crippen LogP contribution in [0.25, 0.3) is 39.0 Å². The average molecular weight is 826 g/mol. The number of fused-ring (bicyclic) bond motifs is 3. The van der Waals surface area contributed by atoms with E-state index in [1.165, 1.54) is 22.3 Å². The third-order valence-corrected chi connectivity index (χ3v) is 9.37. The van der Waals surface area contributed by atoms with Crippen molar-refractivity contribution in [2.24, 2.45) is 0 Å². The molecule has 3 heterocycles. The van der Waals surface area contributed by atoms with Crippen LogP contribution < -0.4 is 9.30 Å². The summed E-state index contributed by atoms with van der Waals surface area (Å²) in [6.07, 6.45) is 7.69. The van der Waals surface area contributed by atoms with Crippen molar-refractivity contribution < 1.29 is 30.4 Å². The number of aryl methyl sites for hydroxylation is 1. The Kier molecular flexibility index (Phi) is 8.96. The minimum atomic E-state index is -0.134. The molecule has 0 N–H and O–H groups in total. The Balaban J connectivity index is 0.00000417. The van der Waals surface area contributed by atoms with Gasteiger partial charge in [0.25, 0.3) is 6.33 Å². The number of nitrogens with zero attached hydrogens (tertiary/aromatic N) is 4. The Morgan fingerprint density at radius 3 is 2.24 bits per heavy atom. The predicted molar refractivity (Wildman–Crippen MR) is 194 cm³/mol. The van der Waals surface area contributed by atoms with E-state index in [4.69, 9.17) is 9.72 Å². The molecule has 0 amide bonds. The van der Waals surface area contributed by atoms with E-state index in [-0.39, 0.29) is 31.9 Å². The third kappa shape index (κ3) is 6.37. The molecule has 4 aromatic carbocycles. The first kappa shape index (κ1) is 34.4. The van der Waals surface area contributed by atoms with Gasteiger partial charge >= 0.3 is 0 Å². The van der Waals surface area contributed by atoms with Crippen molar-refractivity contribution in [1.82, 2.24) is 14.1 Å². The first-order chi connectivity index (χ1) is 22.8. The van der Waals surface area contributed by atoms with Gasteiger partial charge in [0, 0.05) is 50.5 Å². The smallest absolute Gasteiger partial charge is 0.267 e. The van der Waals surface area contributed by atoms with Gasteiger partial charge in [-0.2, -0.15) is 18.2 Å². The quantitative estimate of drug-likeness (QED) is 0.128. The Labute approximate surface area is 304 Å².